The number of aliphatic imine (C=N–C) groups is 2. The van der Waals surface area contributed by atoms with Gasteiger partial charge >= 0.3 is 12.2 Å². The summed E-state index contributed by atoms with van der Waals surface area (Å²) in [6.07, 6.45) is 11.2. The van der Waals surface area contributed by atoms with E-state index in [2.05, 4.69) is 40.3 Å². The van der Waals surface area contributed by atoms with E-state index >= 15 is 4.39 Å². The molecule has 390 valence electrons. The molecule has 0 spiro atoms. The van der Waals surface area contributed by atoms with E-state index in [0.717, 1.165) is 87.4 Å². The van der Waals surface area contributed by atoms with Crippen LogP contribution >= 0.6 is 11.3 Å². The number of likely N-dealkylation sites (tertiary alicyclic amines) is 2. The quantitative estimate of drug-likeness (QED) is 0.140. The molecular formula is C56H65FN8O8S. The first kappa shape index (κ1) is 49.8. The smallest absolute Gasteiger partial charge is 0.407 e. The molecule has 0 bridgehead atoms. The Balaban J connectivity index is 0.854. The highest BCUT2D eigenvalue weighted by Gasteiger charge is 2.45. The topological polar surface area (TPSA) is 178 Å². The standard InChI is InChI=1S/C56H65FN8O8S/c1-30(2)47(61-53(68)70-6)49(66)63-17-8-10-41(63)39-23-36(28-59-39)33-21-37(57)46-43-24-34-20-31(12-13-40(34)65(43)51(73-44(46)25-33)45-29-60-52(74-45)56(5)15-16-56)35-22-38(58-27-35)42-11-9-18-64(42)50(67)48(62-54(69)71-7)32-14-19-72-55(3,4)26-32/h12-13,20-21,24-25,27-30,32,41-42,47-48,51H,8-11,14-19,22-23,26H2,1-7H3,(H,61,68)(H,62,69)/t32?,41-,42-,47-,48?,51?/m0/s1. The Labute approximate surface area is 434 Å². The van der Waals surface area contributed by atoms with Crippen molar-refractivity contribution < 1.29 is 42.5 Å². The van der Waals surface area contributed by atoms with Crippen LogP contribution in [0.3, 0.4) is 0 Å². The Morgan fingerprint density at radius 2 is 1.50 bits per heavy atom. The number of alkyl carbamates (subject to hydrolysis) is 2. The molecule has 2 N–H and O–H groups in total. The molecule has 1 saturated carbocycles. The van der Waals surface area contributed by atoms with Crippen LogP contribution < -0.4 is 15.4 Å². The van der Waals surface area contributed by atoms with Gasteiger partial charge in [0, 0.05) is 73.4 Å². The summed E-state index contributed by atoms with van der Waals surface area (Å²) in [5, 5.41) is 7.58. The Bertz CT molecular complexity index is 3080. The minimum absolute atomic E-state index is 0.0490. The zero-order valence-electron chi connectivity index (χ0n) is 43.2. The largest absolute Gasteiger partial charge is 0.464 e. The average molecular weight is 1030 g/mol. The SMILES string of the molecule is COC(=O)NC(C(=O)N1CCC[C@H]1C1=NC=C(c2ccc3c(c2)cc2n3C(c3cnc(C4(C)CC4)s3)Oc3cc(C4=CN=C([C@@H]5CCCN5C(=O)[C@@H](NC(=O)OC)C(C)C)C4)cc(F)c3-2)C1)C1CCOC(C)(C)C1. The van der Waals surface area contributed by atoms with E-state index in [9.17, 15) is 19.2 Å². The lowest BCUT2D eigenvalue weighted by Crippen LogP contribution is -2.56. The van der Waals surface area contributed by atoms with Gasteiger partial charge in [-0.25, -0.2) is 19.0 Å². The summed E-state index contributed by atoms with van der Waals surface area (Å²) >= 11 is 1.64. The number of nitrogens with one attached hydrogen (secondary N) is 2. The van der Waals surface area contributed by atoms with Crippen LogP contribution in [0.1, 0.15) is 126 Å². The van der Waals surface area contributed by atoms with Gasteiger partial charge in [-0.05, 0) is 130 Å². The predicted molar refractivity (Wildman–Crippen MR) is 281 cm³/mol. The number of hydrogen-bond donors (Lipinski definition) is 2. The van der Waals surface area contributed by atoms with E-state index in [1.165, 1.54) is 14.2 Å². The van der Waals surface area contributed by atoms with E-state index in [1.807, 2.05) is 62.0 Å². The number of nitrogens with zero attached hydrogens (tertiary/aromatic N) is 6. The van der Waals surface area contributed by atoms with E-state index < -0.39 is 41.9 Å². The molecule has 8 heterocycles. The van der Waals surface area contributed by atoms with Gasteiger partial charge in [-0.1, -0.05) is 26.8 Å². The van der Waals surface area contributed by atoms with Crippen LogP contribution in [0, 0.1) is 17.7 Å². The molecule has 16 nitrogen and oxygen atoms in total. The lowest BCUT2D eigenvalue weighted by Gasteiger charge is -2.40. The zero-order chi connectivity index (χ0) is 51.8. The van der Waals surface area contributed by atoms with Crippen LogP contribution in [0.4, 0.5) is 14.0 Å². The molecule has 11 rings (SSSR count). The summed E-state index contributed by atoms with van der Waals surface area (Å²) in [5.41, 5.74) is 6.78. The molecule has 1 aliphatic carbocycles. The number of ether oxygens (including phenoxy) is 4. The third-order valence-corrected chi connectivity index (χ3v) is 17.7. The lowest BCUT2D eigenvalue weighted by molar-refractivity contribution is -0.138. The van der Waals surface area contributed by atoms with Crippen LogP contribution in [0.25, 0.3) is 33.3 Å². The summed E-state index contributed by atoms with van der Waals surface area (Å²) in [5.74, 6) is -0.566. The van der Waals surface area contributed by atoms with Gasteiger partial charge < -0.3 is 39.4 Å². The maximum Gasteiger partial charge on any atom is 0.407 e. The van der Waals surface area contributed by atoms with E-state index in [0.29, 0.717) is 68.0 Å². The first-order valence-corrected chi connectivity index (χ1v) is 26.9. The maximum atomic E-state index is 17.1. The molecule has 74 heavy (non-hydrogen) atoms. The Morgan fingerprint density at radius 1 is 0.838 bits per heavy atom. The van der Waals surface area contributed by atoms with Crippen molar-refractivity contribution in [2.24, 2.45) is 21.8 Å². The molecule has 6 atom stereocenters. The van der Waals surface area contributed by atoms with Gasteiger partial charge in [0.1, 0.15) is 23.7 Å². The van der Waals surface area contributed by atoms with E-state index in [1.54, 1.807) is 23.6 Å². The number of carbonyl (C=O) groups excluding carboxylic acids is 4. The number of allylic oxidation sites excluding steroid dienone is 2. The molecule has 18 heteroatoms. The van der Waals surface area contributed by atoms with Crippen LogP contribution in [0.15, 0.2) is 65.0 Å². The highest BCUT2D eigenvalue weighted by atomic mass is 32.1. The number of carbonyl (C=O) groups is 4. The van der Waals surface area contributed by atoms with Crippen molar-refractivity contribution >= 4 is 68.8 Å². The third-order valence-electron chi connectivity index (χ3n) is 16.3. The first-order valence-electron chi connectivity index (χ1n) is 26.1. The molecule has 0 radical (unpaired) electrons. The molecule has 3 unspecified atom stereocenters. The van der Waals surface area contributed by atoms with Gasteiger partial charge in [0.05, 0.1) is 58.6 Å². The molecule has 4 amide bonds. The summed E-state index contributed by atoms with van der Waals surface area (Å²) in [6, 6.07) is 9.85. The van der Waals surface area contributed by atoms with Gasteiger partial charge in [0.2, 0.25) is 18.0 Å². The molecule has 4 fully saturated rings. The number of benzene rings is 2. The van der Waals surface area contributed by atoms with Crippen LogP contribution in [0.2, 0.25) is 0 Å². The molecule has 4 aromatic rings. The monoisotopic (exact) mass is 1030 g/mol. The average Bonchev–Trinajstić information content (AvgIpc) is 4.18. The Hall–Kier alpha value is -6.40. The number of halogens is 1. The van der Waals surface area contributed by atoms with Crippen molar-refractivity contribution in [1.82, 2.24) is 30.0 Å². The Kier molecular flexibility index (Phi) is 13.0. The normalized spacial score (nSPS) is 24.3. The van der Waals surface area contributed by atoms with Crippen molar-refractivity contribution in [1.29, 1.82) is 0 Å². The van der Waals surface area contributed by atoms with Crippen molar-refractivity contribution in [3.05, 3.63) is 81.8 Å². The first-order chi connectivity index (χ1) is 35.5. The molecule has 6 aliphatic heterocycles. The molecular weight excluding hydrogens is 964 g/mol. The van der Waals surface area contributed by atoms with Gasteiger partial charge in [-0.3, -0.25) is 24.1 Å². The molecule has 2 aromatic heterocycles. The molecule has 2 aromatic carbocycles. The van der Waals surface area contributed by atoms with Crippen LogP contribution in [-0.4, -0.2) is 118 Å². The number of thiazole rings is 1. The van der Waals surface area contributed by atoms with Gasteiger partial charge in [-0.2, -0.15) is 0 Å². The maximum absolute atomic E-state index is 17.1. The number of hydrogen-bond acceptors (Lipinski definition) is 12. The third kappa shape index (κ3) is 9.19. The van der Waals surface area contributed by atoms with Crippen LogP contribution in [-0.2, 0) is 29.2 Å². The highest BCUT2D eigenvalue weighted by molar-refractivity contribution is 7.11. The van der Waals surface area contributed by atoms with Gasteiger partial charge in [0.15, 0.2) is 0 Å². The van der Waals surface area contributed by atoms with Gasteiger partial charge in [-0.15, -0.1) is 11.3 Å². The van der Waals surface area contributed by atoms with Gasteiger partial charge in [0.25, 0.3) is 0 Å². The highest BCUT2D eigenvalue weighted by Crippen LogP contribution is 2.52. The zero-order valence-corrected chi connectivity index (χ0v) is 44.0. The minimum Gasteiger partial charge on any atom is -0.464 e. The van der Waals surface area contributed by atoms with Crippen molar-refractivity contribution in [3.8, 4) is 17.0 Å². The predicted octanol–water partition coefficient (Wildman–Crippen LogP) is 9.56. The fourth-order valence-corrected chi connectivity index (χ4v) is 13.2. The molecule has 3 saturated heterocycles. The van der Waals surface area contributed by atoms with Crippen molar-refractivity contribution in [3.63, 3.8) is 0 Å². The second-order valence-electron chi connectivity index (χ2n) is 22.2. The second kappa shape index (κ2) is 19.4. The second-order valence-corrected chi connectivity index (χ2v) is 23.3. The summed E-state index contributed by atoms with van der Waals surface area (Å²) < 4.78 is 41.9. The van der Waals surface area contributed by atoms with E-state index in [4.69, 9.17) is 33.9 Å². The fourth-order valence-electron chi connectivity index (χ4n) is 12.0. The fraction of sp³-hybridized carbons (Fsp3) is 0.518. The lowest BCUT2D eigenvalue weighted by atomic mass is 9.82. The molecule has 7 aliphatic rings. The number of aromatic nitrogens is 2. The van der Waals surface area contributed by atoms with E-state index in [-0.39, 0.29) is 41.1 Å². The van der Waals surface area contributed by atoms with Crippen molar-refractivity contribution in [2.45, 2.75) is 140 Å². The summed E-state index contributed by atoms with van der Waals surface area (Å²) in [7, 11) is 2.59. The van der Waals surface area contributed by atoms with Crippen molar-refractivity contribution in [2.75, 3.05) is 33.9 Å². The van der Waals surface area contributed by atoms with Crippen LogP contribution in [0.5, 0.6) is 5.75 Å². The Morgan fingerprint density at radius 3 is 2.15 bits per heavy atom. The summed E-state index contributed by atoms with van der Waals surface area (Å²) in [6.45, 7) is 11.7. The minimum atomic E-state index is -0.747. The number of fused-ring (bicyclic) bond motifs is 5. The number of amides is 4. The number of rotatable bonds is 12. The summed E-state index contributed by atoms with van der Waals surface area (Å²) in [4.78, 5) is 72.5. The number of methoxy groups -OCH3 is 2.